The van der Waals surface area contributed by atoms with E-state index in [1.807, 2.05) is 13.2 Å². The summed E-state index contributed by atoms with van der Waals surface area (Å²) < 4.78 is 14.7. The molecule has 2 aromatic rings. The quantitative estimate of drug-likeness (QED) is 0.900. The number of hydrogen-bond acceptors (Lipinski definition) is 2. The molecule has 1 heterocycles. The van der Waals surface area contributed by atoms with E-state index in [4.69, 9.17) is 0 Å². The molecule has 0 saturated heterocycles. The molecule has 0 amide bonds. The predicted octanol–water partition coefficient (Wildman–Crippen LogP) is 2.72. The van der Waals surface area contributed by atoms with Gasteiger partial charge >= 0.3 is 0 Å². The van der Waals surface area contributed by atoms with E-state index >= 15 is 0 Å². The number of halogens is 1. The van der Waals surface area contributed by atoms with Crippen LogP contribution in [0.1, 0.15) is 19.4 Å². The van der Waals surface area contributed by atoms with Crippen molar-refractivity contribution in [2.24, 2.45) is 7.05 Å². The van der Waals surface area contributed by atoms with Crippen molar-refractivity contribution in [3.8, 4) is 11.3 Å². The SMILES string of the molecule is CC(C)NCc1cn(C)nc1-c1ccc(F)cc1. The predicted molar refractivity (Wildman–Crippen MR) is 70.6 cm³/mol. The Labute approximate surface area is 107 Å². The van der Waals surface area contributed by atoms with Gasteiger partial charge in [-0.05, 0) is 24.3 Å². The van der Waals surface area contributed by atoms with Gasteiger partial charge in [0.25, 0.3) is 0 Å². The molecule has 2 rings (SSSR count). The molecule has 0 aliphatic carbocycles. The summed E-state index contributed by atoms with van der Waals surface area (Å²) in [6, 6.07) is 6.87. The highest BCUT2D eigenvalue weighted by atomic mass is 19.1. The number of nitrogens with one attached hydrogen (secondary N) is 1. The smallest absolute Gasteiger partial charge is 0.123 e. The summed E-state index contributed by atoms with van der Waals surface area (Å²) in [5.74, 6) is -0.225. The highest BCUT2D eigenvalue weighted by Crippen LogP contribution is 2.22. The summed E-state index contributed by atoms with van der Waals surface area (Å²) in [6.07, 6.45) is 1.99. The Morgan fingerprint density at radius 3 is 2.56 bits per heavy atom. The molecule has 18 heavy (non-hydrogen) atoms. The second-order valence-electron chi connectivity index (χ2n) is 4.72. The van der Waals surface area contributed by atoms with E-state index in [9.17, 15) is 4.39 Å². The van der Waals surface area contributed by atoms with E-state index in [0.717, 1.165) is 23.4 Å². The Morgan fingerprint density at radius 1 is 1.28 bits per heavy atom. The number of rotatable bonds is 4. The van der Waals surface area contributed by atoms with Crippen molar-refractivity contribution in [1.82, 2.24) is 15.1 Å². The Hall–Kier alpha value is -1.68. The minimum atomic E-state index is -0.225. The lowest BCUT2D eigenvalue weighted by Gasteiger charge is -2.07. The maximum absolute atomic E-state index is 12.9. The minimum Gasteiger partial charge on any atom is -0.310 e. The van der Waals surface area contributed by atoms with Gasteiger partial charge in [0, 0.05) is 37.0 Å². The molecular formula is C14H18FN3. The molecule has 0 aliphatic heterocycles. The molecule has 4 heteroatoms. The van der Waals surface area contributed by atoms with Gasteiger partial charge < -0.3 is 5.32 Å². The molecule has 0 saturated carbocycles. The summed E-state index contributed by atoms with van der Waals surface area (Å²) in [5.41, 5.74) is 2.97. The van der Waals surface area contributed by atoms with E-state index in [1.165, 1.54) is 12.1 Å². The molecule has 0 aliphatic rings. The van der Waals surface area contributed by atoms with Crippen molar-refractivity contribution in [3.05, 3.63) is 41.8 Å². The third-order valence-electron chi connectivity index (χ3n) is 2.72. The summed E-state index contributed by atoms with van der Waals surface area (Å²) in [4.78, 5) is 0. The molecule has 1 aromatic heterocycles. The lowest BCUT2D eigenvalue weighted by atomic mass is 10.1. The van der Waals surface area contributed by atoms with Gasteiger partial charge in [0.05, 0.1) is 5.69 Å². The Kier molecular flexibility index (Phi) is 3.77. The highest BCUT2D eigenvalue weighted by Gasteiger charge is 2.10. The number of aromatic nitrogens is 2. The van der Waals surface area contributed by atoms with Crippen LogP contribution in [-0.4, -0.2) is 15.8 Å². The van der Waals surface area contributed by atoms with Gasteiger partial charge in [0.2, 0.25) is 0 Å². The molecule has 0 spiro atoms. The molecule has 1 aromatic carbocycles. The van der Waals surface area contributed by atoms with Gasteiger partial charge in [-0.25, -0.2) is 4.39 Å². The number of benzene rings is 1. The summed E-state index contributed by atoms with van der Waals surface area (Å²) in [7, 11) is 1.89. The van der Waals surface area contributed by atoms with Gasteiger partial charge in [-0.3, -0.25) is 4.68 Å². The second-order valence-corrected chi connectivity index (χ2v) is 4.72. The van der Waals surface area contributed by atoms with Crippen LogP contribution in [0.25, 0.3) is 11.3 Å². The maximum Gasteiger partial charge on any atom is 0.123 e. The zero-order valence-electron chi connectivity index (χ0n) is 10.9. The van der Waals surface area contributed by atoms with Gasteiger partial charge in [-0.15, -0.1) is 0 Å². The van der Waals surface area contributed by atoms with Crippen molar-refractivity contribution in [1.29, 1.82) is 0 Å². The fourth-order valence-corrected chi connectivity index (χ4v) is 1.83. The van der Waals surface area contributed by atoms with Crippen molar-refractivity contribution >= 4 is 0 Å². The zero-order chi connectivity index (χ0) is 13.1. The largest absolute Gasteiger partial charge is 0.310 e. The molecule has 1 N–H and O–H groups in total. The van der Waals surface area contributed by atoms with E-state index in [-0.39, 0.29) is 5.82 Å². The molecule has 96 valence electrons. The molecule has 0 unspecified atom stereocenters. The first-order chi connectivity index (χ1) is 8.56. The van der Waals surface area contributed by atoms with Crippen LogP contribution in [0.15, 0.2) is 30.5 Å². The summed E-state index contributed by atoms with van der Waals surface area (Å²) >= 11 is 0. The molecule has 0 bridgehead atoms. The first-order valence-electron chi connectivity index (χ1n) is 6.08. The second kappa shape index (κ2) is 5.31. The van der Waals surface area contributed by atoms with Gasteiger partial charge in [0.1, 0.15) is 5.82 Å². The molecular weight excluding hydrogens is 229 g/mol. The normalized spacial score (nSPS) is 11.2. The first-order valence-corrected chi connectivity index (χ1v) is 6.08. The number of nitrogens with zero attached hydrogens (tertiary/aromatic N) is 2. The fraction of sp³-hybridized carbons (Fsp3) is 0.357. The van der Waals surface area contributed by atoms with E-state index in [0.29, 0.717) is 6.04 Å². The Bertz CT molecular complexity index is 514. The number of hydrogen-bond donors (Lipinski definition) is 1. The first kappa shape index (κ1) is 12.8. The molecule has 0 fully saturated rings. The average Bonchev–Trinajstić information content (AvgIpc) is 2.69. The molecule has 0 atom stereocenters. The topological polar surface area (TPSA) is 29.9 Å². The van der Waals surface area contributed by atoms with Crippen LogP contribution in [0.4, 0.5) is 4.39 Å². The zero-order valence-corrected chi connectivity index (χ0v) is 10.9. The van der Waals surface area contributed by atoms with Crippen LogP contribution in [0, 0.1) is 5.82 Å². The van der Waals surface area contributed by atoms with Crippen molar-refractivity contribution in [2.75, 3.05) is 0 Å². The average molecular weight is 247 g/mol. The van der Waals surface area contributed by atoms with E-state index in [1.54, 1.807) is 16.8 Å². The van der Waals surface area contributed by atoms with Gasteiger partial charge in [-0.1, -0.05) is 13.8 Å². The summed E-state index contributed by atoms with van der Waals surface area (Å²) in [6.45, 7) is 4.97. The van der Waals surface area contributed by atoms with Gasteiger partial charge in [0.15, 0.2) is 0 Å². The fourth-order valence-electron chi connectivity index (χ4n) is 1.83. The lowest BCUT2D eigenvalue weighted by molar-refractivity contribution is 0.589. The lowest BCUT2D eigenvalue weighted by Crippen LogP contribution is -2.21. The van der Waals surface area contributed by atoms with E-state index in [2.05, 4.69) is 24.3 Å². The third kappa shape index (κ3) is 2.96. The van der Waals surface area contributed by atoms with E-state index < -0.39 is 0 Å². The van der Waals surface area contributed by atoms with Crippen LogP contribution in [0.5, 0.6) is 0 Å². The third-order valence-corrected chi connectivity index (χ3v) is 2.72. The minimum absolute atomic E-state index is 0.225. The molecule has 3 nitrogen and oxygen atoms in total. The number of aryl methyl sites for hydroxylation is 1. The molecule has 0 radical (unpaired) electrons. The monoisotopic (exact) mass is 247 g/mol. The maximum atomic E-state index is 12.9. The van der Waals surface area contributed by atoms with Crippen LogP contribution in [-0.2, 0) is 13.6 Å². The Morgan fingerprint density at radius 2 is 1.94 bits per heavy atom. The summed E-state index contributed by atoms with van der Waals surface area (Å²) in [5, 5.41) is 7.81. The highest BCUT2D eigenvalue weighted by molar-refractivity contribution is 5.62. The van der Waals surface area contributed by atoms with Crippen molar-refractivity contribution < 1.29 is 4.39 Å². The van der Waals surface area contributed by atoms with Crippen LogP contribution < -0.4 is 5.32 Å². The van der Waals surface area contributed by atoms with Gasteiger partial charge in [-0.2, -0.15) is 5.10 Å². The standard InChI is InChI=1S/C14H18FN3/c1-10(2)16-8-12-9-18(3)17-14(12)11-4-6-13(15)7-5-11/h4-7,9-10,16H,8H2,1-3H3. The van der Waals surface area contributed by atoms with Crippen molar-refractivity contribution in [2.45, 2.75) is 26.4 Å². The van der Waals surface area contributed by atoms with Crippen LogP contribution in [0.2, 0.25) is 0 Å². The van der Waals surface area contributed by atoms with Crippen LogP contribution >= 0.6 is 0 Å². The Balaban J connectivity index is 2.29. The van der Waals surface area contributed by atoms with Crippen molar-refractivity contribution in [3.63, 3.8) is 0 Å². The van der Waals surface area contributed by atoms with Crippen LogP contribution in [0.3, 0.4) is 0 Å².